The number of hydrogen-bond donors (Lipinski definition) is 2. The van der Waals surface area contributed by atoms with Gasteiger partial charge in [-0.25, -0.2) is 0 Å². The molecule has 0 spiro atoms. The van der Waals surface area contributed by atoms with Crippen LogP contribution in [0.15, 0.2) is 78.0 Å². The van der Waals surface area contributed by atoms with E-state index in [1.807, 2.05) is 67.6 Å². The van der Waals surface area contributed by atoms with E-state index in [4.69, 9.17) is 14.2 Å². The van der Waals surface area contributed by atoms with E-state index in [-0.39, 0.29) is 23.6 Å². The summed E-state index contributed by atoms with van der Waals surface area (Å²) >= 11 is 0. The Hall–Kier alpha value is -4.26. The standard InChI is InChI=1S/C35H38N2O5/c1-3-41-32-21-24(15-18-31(32)42-35(39)23-9-5-4-6-10-23)34-33-29(36-27-11-7-8-12-28(27)37-34)19-25(20-30(33)38)22-13-16-26(40-2)17-14-22/h7-8,11-18,21,23,25,34,36-37H,3-6,9-10,19-20H2,1-2H3/t25-,34+/m1/s1. The first kappa shape index (κ1) is 27.9. The topological polar surface area (TPSA) is 85.9 Å². The summed E-state index contributed by atoms with van der Waals surface area (Å²) < 4.78 is 17.2. The molecule has 2 atom stereocenters. The minimum atomic E-state index is -0.400. The lowest BCUT2D eigenvalue weighted by Gasteiger charge is -2.30. The molecule has 6 rings (SSSR count). The van der Waals surface area contributed by atoms with E-state index in [0.29, 0.717) is 30.9 Å². The summed E-state index contributed by atoms with van der Waals surface area (Å²) in [7, 11) is 1.65. The van der Waals surface area contributed by atoms with Gasteiger partial charge in [-0.15, -0.1) is 0 Å². The fraction of sp³-hybridized carbons (Fsp3) is 0.371. The Morgan fingerprint density at radius 3 is 2.36 bits per heavy atom. The van der Waals surface area contributed by atoms with E-state index in [2.05, 4.69) is 10.6 Å². The minimum absolute atomic E-state index is 0.0566. The number of nitrogens with one attached hydrogen (secondary N) is 2. The molecular weight excluding hydrogens is 528 g/mol. The third-order valence-electron chi connectivity index (χ3n) is 8.65. The van der Waals surface area contributed by atoms with Crippen LogP contribution in [-0.4, -0.2) is 25.5 Å². The number of carbonyl (C=O) groups is 2. The van der Waals surface area contributed by atoms with Crippen molar-refractivity contribution in [2.45, 2.75) is 63.8 Å². The molecule has 0 amide bonds. The highest BCUT2D eigenvalue weighted by atomic mass is 16.6. The normalized spacial score (nSPS) is 20.4. The van der Waals surface area contributed by atoms with E-state index in [1.165, 1.54) is 6.42 Å². The molecule has 218 valence electrons. The van der Waals surface area contributed by atoms with Crippen molar-refractivity contribution in [2.75, 3.05) is 24.4 Å². The number of para-hydroxylation sites is 2. The molecule has 1 heterocycles. The Morgan fingerprint density at radius 1 is 0.881 bits per heavy atom. The lowest BCUT2D eigenvalue weighted by atomic mass is 9.78. The summed E-state index contributed by atoms with van der Waals surface area (Å²) in [6.07, 6.45) is 6.15. The molecule has 0 saturated heterocycles. The highest BCUT2D eigenvalue weighted by molar-refractivity contribution is 6.01. The zero-order chi connectivity index (χ0) is 29.1. The van der Waals surface area contributed by atoms with Crippen molar-refractivity contribution in [3.63, 3.8) is 0 Å². The van der Waals surface area contributed by atoms with Gasteiger partial charge < -0.3 is 24.8 Å². The minimum Gasteiger partial charge on any atom is -0.497 e. The fourth-order valence-electron chi connectivity index (χ4n) is 6.44. The molecule has 0 aromatic heterocycles. The second kappa shape index (κ2) is 12.3. The largest absolute Gasteiger partial charge is 0.497 e. The maximum Gasteiger partial charge on any atom is 0.314 e. The van der Waals surface area contributed by atoms with Crippen molar-refractivity contribution in [2.24, 2.45) is 5.92 Å². The number of Topliss-reactive ketones (excluding diaryl/α,β-unsaturated/α-hetero) is 1. The molecule has 3 aliphatic rings. The summed E-state index contributed by atoms with van der Waals surface area (Å²) in [4.78, 5) is 26.9. The number of methoxy groups -OCH3 is 1. The van der Waals surface area contributed by atoms with Crippen LogP contribution in [-0.2, 0) is 9.59 Å². The number of anilines is 2. The van der Waals surface area contributed by atoms with E-state index >= 15 is 0 Å². The van der Waals surface area contributed by atoms with Crippen molar-refractivity contribution in [3.05, 3.63) is 89.1 Å². The Morgan fingerprint density at radius 2 is 1.62 bits per heavy atom. The van der Waals surface area contributed by atoms with Crippen molar-refractivity contribution < 1.29 is 23.8 Å². The predicted molar refractivity (Wildman–Crippen MR) is 163 cm³/mol. The average Bonchev–Trinajstić information content (AvgIpc) is 3.19. The van der Waals surface area contributed by atoms with Gasteiger partial charge in [0.25, 0.3) is 0 Å². The van der Waals surface area contributed by atoms with Gasteiger partial charge in [0.05, 0.1) is 37.1 Å². The first-order valence-corrected chi connectivity index (χ1v) is 15.0. The van der Waals surface area contributed by atoms with Crippen LogP contribution in [0.5, 0.6) is 17.2 Å². The number of rotatable bonds is 7. The number of allylic oxidation sites excluding steroid dienone is 1. The van der Waals surface area contributed by atoms with E-state index in [1.54, 1.807) is 13.2 Å². The summed E-state index contributed by atoms with van der Waals surface area (Å²) in [6.45, 7) is 2.34. The van der Waals surface area contributed by atoms with Crippen LogP contribution < -0.4 is 24.8 Å². The molecule has 3 aromatic carbocycles. The lowest BCUT2D eigenvalue weighted by Crippen LogP contribution is -2.27. The van der Waals surface area contributed by atoms with Gasteiger partial charge in [-0.05, 0) is 79.6 Å². The van der Waals surface area contributed by atoms with Gasteiger partial charge >= 0.3 is 5.97 Å². The van der Waals surface area contributed by atoms with Crippen molar-refractivity contribution in [1.82, 2.24) is 0 Å². The number of esters is 1. The van der Waals surface area contributed by atoms with Gasteiger partial charge in [-0.3, -0.25) is 9.59 Å². The number of hydrogen-bond acceptors (Lipinski definition) is 7. The number of carbonyl (C=O) groups excluding carboxylic acids is 2. The van der Waals surface area contributed by atoms with E-state index in [9.17, 15) is 9.59 Å². The molecule has 7 heteroatoms. The number of ether oxygens (including phenoxy) is 3. The highest BCUT2D eigenvalue weighted by Crippen LogP contribution is 2.45. The van der Waals surface area contributed by atoms with E-state index in [0.717, 1.165) is 65.2 Å². The van der Waals surface area contributed by atoms with Gasteiger partial charge in [-0.2, -0.15) is 0 Å². The van der Waals surface area contributed by atoms with Gasteiger partial charge in [-0.1, -0.05) is 49.6 Å². The van der Waals surface area contributed by atoms with Crippen molar-refractivity contribution in [1.29, 1.82) is 0 Å². The first-order chi connectivity index (χ1) is 20.5. The Bertz CT molecular complexity index is 1490. The Labute approximate surface area is 247 Å². The second-order valence-electron chi connectivity index (χ2n) is 11.3. The smallest absolute Gasteiger partial charge is 0.314 e. The molecular formula is C35H38N2O5. The van der Waals surface area contributed by atoms with Crippen molar-refractivity contribution in [3.8, 4) is 17.2 Å². The Kier molecular flexibility index (Phi) is 8.17. The van der Waals surface area contributed by atoms with Gasteiger partial charge in [0.15, 0.2) is 17.3 Å². The van der Waals surface area contributed by atoms with Gasteiger partial charge in [0, 0.05) is 17.7 Å². The van der Waals surface area contributed by atoms with E-state index < -0.39 is 6.04 Å². The van der Waals surface area contributed by atoms with Crippen LogP contribution in [0.4, 0.5) is 11.4 Å². The molecule has 1 aliphatic heterocycles. The summed E-state index contributed by atoms with van der Waals surface area (Å²) in [5.41, 5.74) is 5.47. The van der Waals surface area contributed by atoms with Crippen molar-refractivity contribution >= 4 is 23.1 Å². The van der Waals surface area contributed by atoms with Gasteiger partial charge in [0.2, 0.25) is 0 Å². The van der Waals surface area contributed by atoms with Crippen LogP contribution in [0.25, 0.3) is 0 Å². The van der Waals surface area contributed by atoms with Crippen LogP contribution >= 0.6 is 0 Å². The molecule has 42 heavy (non-hydrogen) atoms. The average molecular weight is 567 g/mol. The molecule has 1 saturated carbocycles. The quantitative estimate of drug-likeness (QED) is 0.225. The SMILES string of the molecule is CCOc1cc([C@@H]2Nc3ccccc3NC3=C2C(=O)C[C@H](c2ccc(OC)cc2)C3)ccc1OC(=O)C1CCCCC1. The maximum absolute atomic E-state index is 14.0. The molecule has 7 nitrogen and oxygen atoms in total. The number of benzene rings is 3. The molecule has 0 radical (unpaired) electrons. The second-order valence-corrected chi connectivity index (χ2v) is 11.3. The molecule has 2 N–H and O–H groups in total. The van der Waals surface area contributed by atoms with Crippen LogP contribution in [0, 0.1) is 5.92 Å². The van der Waals surface area contributed by atoms with Crippen LogP contribution in [0.2, 0.25) is 0 Å². The third-order valence-corrected chi connectivity index (χ3v) is 8.65. The molecule has 1 fully saturated rings. The Balaban J connectivity index is 1.35. The van der Waals surface area contributed by atoms with Crippen LogP contribution in [0.3, 0.4) is 0 Å². The monoisotopic (exact) mass is 566 g/mol. The summed E-state index contributed by atoms with van der Waals surface area (Å²) in [5, 5.41) is 7.23. The lowest BCUT2D eigenvalue weighted by molar-refractivity contribution is -0.140. The summed E-state index contributed by atoms with van der Waals surface area (Å²) in [6, 6.07) is 21.2. The molecule has 0 unspecified atom stereocenters. The zero-order valence-electron chi connectivity index (χ0n) is 24.3. The highest BCUT2D eigenvalue weighted by Gasteiger charge is 2.36. The first-order valence-electron chi connectivity index (χ1n) is 15.0. The maximum atomic E-state index is 14.0. The van der Waals surface area contributed by atoms with Crippen LogP contribution in [0.1, 0.15) is 75.0 Å². The number of fused-ring (bicyclic) bond motifs is 1. The fourth-order valence-corrected chi connectivity index (χ4v) is 6.44. The predicted octanol–water partition coefficient (Wildman–Crippen LogP) is 7.56. The molecule has 3 aromatic rings. The third kappa shape index (κ3) is 5.73. The molecule has 0 bridgehead atoms. The van der Waals surface area contributed by atoms with Gasteiger partial charge in [0.1, 0.15) is 5.75 Å². The zero-order valence-corrected chi connectivity index (χ0v) is 24.3. The molecule has 2 aliphatic carbocycles. The number of ketones is 1. The summed E-state index contributed by atoms with van der Waals surface area (Å²) in [5.74, 6) is 1.63.